The molecular weight excluding hydrogens is 334 g/mol. The summed E-state index contributed by atoms with van der Waals surface area (Å²) in [6, 6.07) is 8.27. The molecule has 2 aliphatic carbocycles. The van der Waals surface area contributed by atoms with E-state index >= 15 is 0 Å². The number of aromatic amines is 1. The molecule has 0 saturated heterocycles. The average Bonchev–Trinajstić information content (AvgIpc) is 3.19. The standard InChI is InChI=1S/C17H16ClNOS2/c18-11-5-3-8(4-6-11)12-13-9-1-2-10(7-9)14(13)21-16-15(12)22-17(20)19-16/h3-6,9-10,12-14H,1-2,7H2,(H,19,20)/t9-,10-,12+,13+,14+/m1/s1. The summed E-state index contributed by atoms with van der Waals surface area (Å²) >= 11 is 9.42. The number of rotatable bonds is 1. The fraction of sp³-hybridized carbons (Fsp3) is 0.471. The Morgan fingerprint density at radius 2 is 1.91 bits per heavy atom. The second-order valence-corrected chi connectivity index (χ2v) is 9.37. The van der Waals surface area contributed by atoms with Gasteiger partial charge in [0.15, 0.2) is 0 Å². The van der Waals surface area contributed by atoms with Gasteiger partial charge in [0.05, 0.1) is 5.03 Å². The summed E-state index contributed by atoms with van der Waals surface area (Å²) in [5, 5.41) is 2.59. The van der Waals surface area contributed by atoms with E-state index in [1.165, 1.54) is 41.0 Å². The lowest BCUT2D eigenvalue weighted by molar-refractivity contribution is 0.307. The number of aromatic nitrogens is 1. The molecule has 2 aromatic rings. The zero-order chi connectivity index (χ0) is 14.8. The number of halogens is 1. The van der Waals surface area contributed by atoms with E-state index in [-0.39, 0.29) is 4.87 Å². The van der Waals surface area contributed by atoms with Crippen molar-refractivity contribution in [1.82, 2.24) is 4.98 Å². The highest BCUT2D eigenvalue weighted by atomic mass is 35.5. The summed E-state index contributed by atoms with van der Waals surface area (Å²) in [6.07, 6.45) is 4.12. The molecule has 1 aliphatic heterocycles. The molecule has 2 nitrogen and oxygen atoms in total. The van der Waals surface area contributed by atoms with Crippen LogP contribution in [0.25, 0.3) is 0 Å². The van der Waals surface area contributed by atoms with Crippen molar-refractivity contribution in [3.63, 3.8) is 0 Å². The smallest absolute Gasteiger partial charge is 0.305 e. The Hall–Kier alpha value is -0.710. The SMILES string of the molecule is O=c1[nH]c2c(s1)[C@@H](c1ccc(Cl)cc1)[C@@H]1[C@@H]3CC[C@H](C3)[C@@H]1S2. The third-order valence-corrected chi connectivity index (χ3v) is 8.57. The van der Waals surface area contributed by atoms with Crippen LogP contribution in [0.5, 0.6) is 0 Å². The highest BCUT2D eigenvalue weighted by Crippen LogP contribution is 2.63. The number of fused-ring (bicyclic) bond motifs is 6. The quantitative estimate of drug-likeness (QED) is 0.806. The summed E-state index contributed by atoms with van der Waals surface area (Å²) in [7, 11) is 0. The van der Waals surface area contributed by atoms with Gasteiger partial charge < -0.3 is 4.98 Å². The maximum Gasteiger partial charge on any atom is 0.305 e. The zero-order valence-electron chi connectivity index (χ0n) is 11.9. The Morgan fingerprint density at radius 1 is 1.14 bits per heavy atom. The molecule has 2 saturated carbocycles. The zero-order valence-corrected chi connectivity index (χ0v) is 14.3. The minimum absolute atomic E-state index is 0.0868. The normalized spacial score (nSPS) is 35.4. The van der Waals surface area contributed by atoms with Crippen LogP contribution < -0.4 is 4.87 Å². The van der Waals surface area contributed by atoms with Crippen LogP contribution in [0.4, 0.5) is 0 Å². The van der Waals surface area contributed by atoms with Crippen LogP contribution >= 0.6 is 34.7 Å². The van der Waals surface area contributed by atoms with Crippen molar-refractivity contribution in [2.75, 3.05) is 0 Å². The first-order valence-electron chi connectivity index (χ1n) is 7.86. The Kier molecular flexibility index (Phi) is 3.05. The first-order valence-corrected chi connectivity index (χ1v) is 9.93. The van der Waals surface area contributed by atoms with Gasteiger partial charge in [-0.05, 0) is 54.7 Å². The van der Waals surface area contributed by atoms with E-state index in [4.69, 9.17) is 11.6 Å². The molecule has 0 unspecified atom stereocenters. The van der Waals surface area contributed by atoms with E-state index in [1.54, 1.807) is 0 Å². The van der Waals surface area contributed by atoms with Gasteiger partial charge in [0.2, 0.25) is 0 Å². The van der Waals surface area contributed by atoms with Crippen molar-refractivity contribution in [3.05, 3.63) is 49.4 Å². The van der Waals surface area contributed by atoms with Crippen molar-refractivity contribution in [1.29, 1.82) is 0 Å². The highest BCUT2D eigenvalue weighted by Gasteiger charge is 2.54. The molecule has 2 heterocycles. The van der Waals surface area contributed by atoms with E-state index < -0.39 is 0 Å². The molecule has 2 bridgehead atoms. The molecule has 22 heavy (non-hydrogen) atoms. The molecule has 5 atom stereocenters. The molecule has 0 amide bonds. The Morgan fingerprint density at radius 3 is 2.73 bits per heavy atom. The highest BCUT2D eigenvalue weighted by molar-refractivity contribution is 8.00. The van der Waals surface area contributed by atoms with E-state index in [0.717, 1.165) is 21.9 Å². The lowest BCUT2D eigenvalue weighted by atomic mass is 9.75. The molecule has 0 spiro atoms. The molecule has 0 radical (unpaired) electrons. The van der Waals surface area contributed by atoms with E-state index in [9.17, 15) is 4.79 Å². The first kappa shape index (κ1) is 13.7. The maximum atomic E-state index is 11.9. The van der Waals surface area contributed by atoms with Crippen LogP contribution in [0, 0.1) is 17.8 Å². The largest absolute Gasteiger partial charge is 0.307 e. The fourth-order valence-corrected chi connectivity index (χ4v) is 7.91. The van der Waals surface area contributed by atoms with Gasteiger partial charge in [0.25, 0.3) is 0 Å². The Labute approximate surface area is 142 Å². The Balaban J connectivity index is 1.68. The van der Waals surface area contributed by atoms with Gasteiger partial charge in [-0.3, -0.25) is 4.79 Å². The molecule has 114 valence electrons. The maximum absolute atomic E-state index is 11.9. The minimum atomic E-state index is 0.0868. The number of benzene rings is 1. The van der Waals surface area contributed by atoms with Gasteiger partial charge in [0, 0.05) is 21.1 Å². The van der Waals surface area contributed by atoms with Crippen LogP contribution in [-0.2, 0) is 0 Å². The van der Waals surface area contributed by atoms with E-state index in [2.05, 4.69) is 17.1 Å². The topological polar surface area (TPSA) is 32.9 Å². The third kappa shape index (κ3) is 1.90. The summed E-state index contributed by atoms with van der Waals surface area (Å²) in [5.41, 5.74) is 1.32. The molecule has 5 rings (SSSR count). The van der Waals surface area contributed by atoms with Gasteiger partial charge in [-0.1, -0.05) is 35.1 Å². The van der Waals surface area contributed by atoms with Crippen LogP contribution in [0.3, 0.4) is 0 Å². The second kappa shape index (κ2) is 4.89. The van der Waals surface area contributed by atoms with Crippen LogP contribution in [0.15, 0.2) is 34.1 Å². The summed E-state index contributed by atoms with van der Waals surface area (Å²) < 4.78 is 0. The third-order valence-electron chi connectivity index (χ3n) is 5.69. The van der Waals surface area contributed by atoms with Crippen LogP contribution in [-0.4, -0.2) is 10.2 Å². The summed E-state index contributed by atoms with van der Waals surface area (Å²) in [6.45, 7) is 0. The lowest BCUT2D eigenvalue weighted by Gasteiger charge is -2.40. The number of thioether (sulfide) groups is 1. The van der Waals surface area contributed by atoms with Crippen LogP contribution in [0.1, 0.15) is 35.6 Å². The molecule has 1 aromatic heterocycles. The molecular formula is C17H16ClNOS2. The van der Waals surface area contributed by atoms with Crippen molar-refractivity contribution < 1.29 is 0 Å². The van der Waals surface area contributed by atoms with Gasteiger partial charge in [0.1, 0.15) is 0 Å². The fourth-order valence-electron chi connectivity index (χ4n) is 4.89. The van der Waals surface area contributed by atoms with Gasteiger partial charge in [-0.15, -0.1) is 11.8 Å². The second-order valence-electron chi connectivity index (χ2n) is 6.73. The van der Waals surface area contributed by atoms with Crippen molar-refractivity contribution in [3.8, 4) is 0 Å². The molecule has 1 N–H and O–H groups in total. The van der Waals surface area contributed by atoms with Crippen molar-refractivity contribution >= 4 is 34.7 Å². The monoisotopic (exact) mass is 349 g/mol. The molecule has 3 aliphatic rings. The van der Waals surface area contributed by atoms with E-state index in [1.807, 2.05) is 23.9 Å². The van der Waals surface area contributed by atoms with Gasteiger partial charge in [-0.2, -0.15) is 0 Å². The molecule has 5 heteroatoms. The number of H-pyrrole nitrogens is 1. The number of nitrogens with one attached hydrogen (secondary N) is 1. The first-order chi connectivity index (χ1) is 10.7. The predicted octanol–water partition coefficient (Wildman–Crippen LogP) is 4.74. The summed E-state index contributed by atoms with van der Waals surface area (Å²) in [4.78, 5) is 16.3. The van der Waals surface area contributed by atoms with Crippen molar-refractivity contribution in [2.45, 2.75) is 35.5 Å². The van der Waals surface area contributed by atoms with E-state index in [0.29, 0.717) is 17.1 Å². The number of hydrogen-bond acceptors (Lipinski definition) is 3. The van der Waals surface area contributed by atoms with Gasteiger partial charge in [-0.25, -0.2) is 0 Å². The van der Waals surface area contributed by atoms with Crippen LogP contribution in [0.2, 0.25) is 5.02 Å². The number of thiazole rings is 1. The molecule has 1 aromatic carbocycles. The summed E-state index contributed by atoms with van der Waals surface area (Å²) in [5.74, 6) is 2.72. The van der Waals surface area contributed by atoms with Gasteiger partial charge >= 0.3 is 4.87 Å². The average molecular weight is 350 g/mol. The number of hydrogen-bond donors (Lipinski definition) is 1. The van der Waals surface area contributed by atoms with Crippen molar-refractivity contribution in [2.24, 2.45) is 17.8 Å². The lowest BCUT2D eigenvalue weighted by Crippen LogP contribution is -2.33. The molecule has 2 fully saturated rings. The Bertz CT molecular complexity index is 781. The predicted molar refractivity (Wildman–Crippen MR) is 92.2 cm³/mol. The minimum Gasteiger partial charge on any atom is -0.307 e.